The maximum absolute atomic E-state index is 13.4. The molecule has 0 unspecified atom stereocenters. The Balaban J connectivity index is 2.72. The topological polar surface area (TPSA) is 17.1 Å². The van der Waals surface area contributed by atoms with E-state index in [4.69, 9.17) is 0 Å². The van der Waals surface area contributed by atoms with Crippen LogP contribution in [0.15, 0.2) is 11.6 Å². The minimum absolute atomic E-state index is 0.0944. The average molecular weight is 170 g/mol. The first kappa shape index (κ1) is 9.43. The van der Waals surface area contributed by atoms with Gasteiger partial charge < -0.3 is 0 Å². The maximum atomic E-state index is 13.4. The molecule has 0 aromatic rings. The van der Waals surface area contributed by atoms with E-state index in [-0.39, 0.29) is 11.7 Å². The first-order valence-corrected chi connectivity index (χ1v) is 4.30. The Morgan fingerprint density at radius 3 is 2.58 bits per heavy atom. The molecule has 0 heterocycles. The predicted octanol–water partition coefficient (Wildman–Crippen LogP) is 2.66. The maximum Gasteiger partial charge on any atom is 0.158 e. The fraction of sp³-hybridized carbons (Fsp3) is 0.700. The lowest BCUT2D eigenvalue weighted by Gasteiger charge is -2.28. The number of carbonyl (C=O) groups excluding carboxylic acids is 1. The van der Waals surface area contributed by atoms with Gasteiger partial charge in [0.05, 0.1) is 0 Å². The van der Waals surface area contributed by atoms with E-state index >= 15 is 0 Å². The van der Waals surface area contributed by atoms with Gasteiger partial charge in [-0.05, 0) is 32.8 Å². The highest BCUT2D eigenvalue weighted by Gasteiger charge is 2.32. The van der Waals surface area contributed by atoms with Crippen molar-refractivity contribution in [1.82, 2.24) is 0 Å². The molecule has 0 aromatic carbocycles. The highest BCUT2D eigenvalue weighted by atomic mass is 19.1. The van der Waals surface area contributed by atoms with Gasteiger partial charge in [-0.2, -0.15) is 0 Å². The summed E-state index contributed by atoms with van der Waals surface area (Å²) in [4.78, 5) is 11.2. The smallest absolute Gasteiger partial charge is 0.158 e. The number of alkyl halides is 1. The highest BCUT2D eigenvalue weighted by Crippen LogP contribution is 2.32. The second-order valence-corrected chi connectivity index (χ2v) is 4.01. The van der Waals surface area contributed by atoms with Gasteiger partial charge in [0.1, 0.15) is 5.67 Å². The van der Waals surface area contributed by atoms with Gasteiger partial charge in [-0.3, -0.25) is 4.79 Å². The van der Waals surface area contributed by atoms with Crippen LogP contribution in [0, 0.1) is 5.92 Å². The Labute approximate surface area is 72.7 Å². The summed E-state index contributed by atoms with van der Waals surface area (Å²) >= 11 is 0. The van der Waals surface area contributed by atoms with Crippen molar-refractivity contribution in [3.63, 3.8) is 0 Å². The molecule has 12 heavy (non-hydrogen) atoms. The number of rotatable bonds is 1. The normalized spacial score (nSPS) is 25.5. The molecule has 0 bridgehead atoms. The van der Waals surface area contributed by atoms with Gasteiger partial charge in [0.25, 0.3) is 0 Å². The zero-order valence-electron chi connectivity index (χ0n) is 7.86. The minimum atomic E-state index is -1.23. The Morgan fingerprint density at radius 1 is 1.58 bits per heavy atom. The first-order valence-electron chi connectivity index (χ1n) is 4.30. The Kier molecular flexibility index (Phi) is 2.36. The summed E-state index contributed by atoms with van der Waals surface area (Å²) in [5.41, 5.74) is -0.442. The summed E-state index contributed by atoms with van der Waals surface area (Å²) in [5, 5.41) is 0. The van der Waals surface area contributed by atoms with Crippen LogP contribution in [0.2, 0.25) is 0 Å². The van der Waals surface area contributed by atoms with E-state index in [2.05, 4.69) is 0 Å². The molecule has 1 atom stereocenters. The first-order chi connectivity index (χ1) is 5.41. The van der Waals surface area contributed by atoms with Crippen LogP contribution < -0.4 is 0 Å². The van der Waals surface area contributed by atoms with Crippen molar-refractivity contribution in [2.75, 3.05) is 0 Å². The SMILES string of the molecule is CC1=CC[C@@H](C(C)(C)F)CC1=O. The van der Waals surface area contributed by atoms with Gasteiger partial charge in [0, 0.05) is 12.3 Å². The van der Waals surface area contributed by atoms with E-state index in [1.165, 1.54) is 0 Å². The van der Waals surface area contributed by atoms with Gasteiger partial charge in [-0.15, -0.1) is 0 Å². The van der Waals surface area contributed by atoms with Gasteiger partial charge in [0.15, 0.2) is 5.78 Å². The molecule has 1 rings (SSSR count). The van der Waals surface area contributed by atoms with E-state index < -0.39 is 5.67 Å². The van der Waals surface area contributed by atoms with Crippen molar-refractivity contribution in [2.45, 2.75) is 39.3 Å². The molecule has 1 nitrogen and oxygen atoms in total. The van der Waals surface area contributed by atoms with Crippen LogP contribution in [-0.4, -0.2) is 11.5 Å². The number of ketones is 1. The molecule has 0 spiro atoms. The van der Waals surface area contributed by atoms with Crippen LogP contribution in [-0.2, 0) is 4.79 Å². The lowest BCUT2D eigenvalue weighted by molar-refractivity contribution is -0.118. The summed E-state index contributed by atoms with van der Waals surface area (Å²) in [7, 11) is 0. The Bertz CT molecular complexity index is 222. The van der Waals surface area contributed by atoms with Gasteiger partial charge in [0.2, 0.25) is 0 Å². The van der Waals surface area contributed by atoms with Crippen LogP contribution in [0.3, 0.4) is 0 Å². The molecule has 0 N–H and O–H groups in total. The lowest BCUT2D eigenvalue weighted by atomic mass is 9.80. The molecular formula is C10H15FO. The molecule has 0 saturated carbocycles. The minimum Gasteiger partial charge on any atom is -0.295 e. The largest absolute Gasteiger partial charge is 0.295 e. The molecule has 0 saturated heterocycles. The van der Waals surface area contributed by atoms with Crippen LogP contribution in [0.4, 0.5) is 4.39 Å². The van der Waals surface area contributed by atoms with Gasteiger partial charge in [-0.1, -0.05) is 6.08 Å². The fourth-order valence-electron chi connectivity index (χ4n) is 1.42. The van der Waals surface area contributed by atoms with Crippen molar-refractivity contribution >= 4 is 5.78 Å². The zero-order valence-corrected chi connectivity index (χ0v) is 7.86. The monoisotopic (exact) mass is 170 g/mol. The van der Waals surface area contributed by atoms with Crippen LogP contribution in [0.5, 0.6) is 0 Å². The second kappa shape index (κ2) is 3.00. The number of hydrogen-bond donors (Lipinski definition) is 0. The summed E-state index contributed by atoms with van der Waals surface area (Å²) in [5.74, 6) is -0.0364. The van der Waals surface area contributed by atoms with Crippen molar-refractivity contribution in [3.8, 4) is 0 Å². The lowest BCUT2D eigenvalue weighted by Crippen LogP contribution is -2.30. The molecule has 68 valence electrons. The standard InChI is InChI=1S/C10H15FO/c1-7-4-5-8(6-9(7)12)10(2,3)11/h4,8H,5-6H2,1-3H3/t8-/m1/s1. The van der Waals surface area contributed by atoms with E-state index in [1.807, 2.05) is 6.08 Å². The molecule has 0 amide bonds. The average Bonchev–Trinajstić information content (AvgIpc) is 1.92. The van der Waals surface area contributed by atoms with E-state index in [0.717, 1.165) is 5.57 Å². The summed E-state index contributed by atoms with van der Waals surface area (Å²) in [6.07, 6.45) is 2.91. The molecule has 0 radical (unpaired) electrons. The summed E-state index contributed by atoms with van der Waals surface area (Å²) < 4.78 is 13.4. The molecule has 2 heteroatoms. The highest BCUT2D eigenvalue weighted by molar-refractivity contribution is 5.95. The Hall–Kier alpha value is -0.660. The third-order valence-electron chi connectivity index (χ3n) is 2.55. The molecule has 0 aromatic heterocycles. The number of allylic oxidation sites excluding steroid dienone is 2. The van der Waals surface area contributed by atoms with Crippen molar-refractivity contribution in [2.24, 2.45) is 5.92 Å². The quantitative estimate of drug-likeness (QED) is 0.591. The van der Waals surface area contributed by atoms with E-state index in [0.29, 0.717) is 12.8 Å². The number of Topliss-reactive ketones (excluding diaryl/α,β-unsaturated/α-hetero) is 1. The molecule has 1 aliphatic carbocycles. The van der Waals surface area contributed by atoms with Crippen LogP contribution in [0.1, 0.15) is 33.6 Å². The Morgan fingerprint density at radius 2 is 2.17 bits per heavy atom. The van der Waals surface area contributed by atoms with Crippen LogP contribution >= 0.6 is 0 Å². The fourth-order valence-corrected chi connectivity index (χ4v) is 1.42. The van der Waals surface area contributed by atoms with E-state index in [1.54, 1.807) is 20.8 Å². The summed E-state index contributed by atoms with van der Waals surface area (Å²) in [6.45, 7) is 4.88. The van der Waals surface area contributed by atoms with Gasteiger partial charge in [-0.25, -0.2) is 4.39 Å². The number of carbonyl (C=O) groups is 1. The van der Waals surface area contributed by atoms with Crippen molar-refractivity contribution < 1.29 is 9.18 Å². The summed E-state index contributed by atoms with van der Waals surface area (Å²) in [6, 6.07) is 0. The molecular weight excluding hydrogens is 155 g/mol. The van der Waals surface area contributed by atoms with Crippen molar-refractivity contribution in [3.05, 3.63) is 11.6 Å². The molecule has 0 aliphatic heterocycles. The van der Waals surface area contributed by atoms with Crippen LogP contribution in [0.25, 0.3) is 0 Å². The van der Waals surface area contributed by atoms with Crippen molar-refractivity contribution in [1.29, 1.82) is 0 Å². The predicted molar refractivity (Wildman–Crippen MR) is 46.7 cm³/mol. The molecule has 0 fully saturated rings. The second-order valence-electron chi connectivity index (χ2n) is 4.01. The zero-order chi connectivity index (χ0) is 9.35. The number of halogens is 1. The van der Waals surface area contributed by atoms with E-state index in [9.17, 15) is 9.18 Å². The number of hydrogen-bond acceptors (Lipinski definition) is 1. The van der Waals surface area contributed by atoms with Gasteiger partial charge >= 0.3 is 0 Å². The third-order valence-corrected chi connectivity index (χ3v) is 2.55. The third kappa shape index (κ3) is 1.93. The molecule has 1 aliphatic rings.